The topological polar surface area (TPSA) is 57.0 Å². The lowest BCUT2D eigenvalue weighted by molar-refractivity contribution is 0.337. The lowest BCUT2D eigenvalue weighted by Crippen LogP contribution is -2.31. The SMILES string of the molecule is C=C(CO)C(=NC1CC1)NC(=NC)SC. The molecule has 0 aromatic heterocycles. The maximum atomic E-state index is 9.03. The van der Waals surface area contributed by atoms with E-state index in [9.17, 15) is 0 Å². The second kappa shape index (κ2) is 5.92. The molecule has 0 atom stereocenters. The first-order valence-electron chi connectivity index (χ1n) is 4.85. The summed E-state index contributed by atoms with van der Waals surface area (Å²) in [5.41, 5.74) is 0.608. The highest BCUT2D eigenvalue weighted by atomic mass is 32.2. The average molecular weight is 227 g/mol. The molecule has 1 saturated carbocycles. The van der Waals surface area contributed by atoms with Gasteiger partial charge >= 0.3 is 0 Å². The number of thioether (sulfide) groups is 1. The Morgan fingerprint density at radius 1 is 1.60 bits per heavy atom. The second-order valence-electron chi connectivity index (χ2n) is 3.33. The Kier molecular flexibility index (Phi) is 4.84. The minimum atomic E-state index is -0.0794. The minimum absolute atomic E-state index is 0.0794. The third-order valence-corrected chi connectivity index (χ3v) is 2.68. The zero-order valence-electron chi connectivity index (χ0n) is 9.16. The van der Waals surface area contributed by atoms with Crippen molar-refractivity contribution in [3.63, 3.8) is 0 Å². The molecule has 0 saturated heterocycles. The third-order valence-electron chi connectivity index (χ3n) is 2.01. The van der Waals surface area contributed by atoms with Crippen LogP contribution in [-0.2, 0) is 0 Å². The monoisotopic (exact) mass is 227 g/mol. The molecule has 0 bridgehead atoms. The number of aliphatic hydroxyl groups is 1. The van der Waals surface area contributed by atoms with E-state index >= 15 is 0 Å². The van der Waals surface area contributed by atoms with Crippen LogP contribution in [0.1, 0.15) is 12.8 Å². The first kappa shape index (κ1) is 12.3. The van der Waals surface area contributed by atoms with E-state index in [1.165, 1.54) is 11.8 Å². The molecule has 0 aromatic carbocycles. The molecule has 0 spiro atoms. The molecule has 0 aliphatic heterocycles. The van der Waals surface area contributed by atoms with E-state index in [4.69, 9.17) is 5.11 Å². The predicted octanol–water partition coefficient (Wildman–Crippen LogP) is 1.03. The molecular formula is C10H17N3OS. The van der Waals surface area contributed by atoms with Crippen molar-refractivity contribution >= 4 is 22.8 Å². The van der Waals surface area contributed by atoms with Crippen LogP contribution in [0.4, 0.5) is 0 Å². The number of amidine groups is 2. The Hall–Kier alpha value is -0.810. The number of aliphatic hydroxyl groups excluding tert-OH is 1. The highest BCUT2D eigenvalue weighted by Gasteiger charge is 2.22. The van der Waals surface area contributed by atoms with Crippen LogP contribution in [-0.4, -0.2) is 42.1 Å². The highest BCUT2D eigenvalue weighted by Crippen LogP contribution is 2.24. The van der Waals surface area contributed by atoms with E-state index in [-0.39, 0.29) is 6.61 Å². The number of rotatable bonds is 3. The normalized spacial score (nSPS) is 17.8. The summed E-state index contributed by atoms with van der Waals surface area (Å²) in [5.74, 6) is 0.662. The summed E-state index contributed by atoms with van der Waals surface area (Å²) in [6.07, 6.45) is 4.19. The Morgan fingerprint density at radius 3 is 2.67 bits per heavy atom. The summed E-state index contributed by atoms with van der Waals surface area (Å²) >= 11 is 1.51. The highest BCUT2D eigenvalue weighted by molar-refractivity contribution is 8.13. The Balaban J connectivity index is 2.68. The van der Waals surface area contributed by atoms with Crippen molar-refractivity contribution in [3.8, 4) is 0 Å². The molecule has 5 heteroatoms. The zero-order valence-corrected chi connectivity index (χ0v) is 9.97. The first-order chi connectivity index (χ1) is 7.21. The average Bonchev–Trinajstić information content (AvgIpc) is 3.06. The van der Waals surface area contributed by atoms with Gasteiger partial charge in [-0.1, -0.05) is 18.3 Å². The van der Waals surface area contributed by atoms with Gasteiger partial charge in [0.2, 0.25) is 0 Å². The maximum absolute atomic E-state index is 9.03. The lowest BCUT2D eigenvalue weighted by atomic mass is 10.3. The molecule has 0 amide bonds. The van der Waals surface area contributed by atoms with E-state index in [0.29, 0.717) is 17.5 Å². The predicted molar refractivity (Wildman–Crippen MR) is 66.7 cm³/mol. The van der Waals surface area contributed by atoms with Gasteiger partial charge in [-0.3, -0.25) is 9.98 Å². The fraction of sp³-hybridized carbons (Fsp3) is 0.600. The van der Waals surface area contributed by atoms with Gasteiger partial charge in [0.05, 0.1) is 12.6 Å². The van der Waals surface area contributed by atoms with Gasteiger partial charge in [-0.15, -0.1) is 0 Å². The Morgan fingerprint density at radius 2 is 2.27 bits per heavy atom. The van der Waals surface area contributed by atoms with Gasteiger partial charge in [-0.05, 0) is 19.1 Å². The standard InChI is InChI=1S/C10H17N3OS/c1-7(6-14)9(12-8-4-5-8)13-10(11-2)15-3/h8,14H,1,4-6H2,2-3H3,(H,11,12,13). The summed E-state index contributed by atoms with van der Waals surface area (Å²) < 4.78 is 0. The number of hydrogen-bond donors (Lipinski definition) is 2. The summed E-state index contributed by atoms with van der Waals surface area (Å²) in [6, 6.07) is 0.399. The Labute approximate surface area is 94.6 Å². The molecular weight excluding hydrogens is 210 g/mol. The Bertz CT molecular complexity index is 295. The van der Waals surface area contributed by atoms with Gasteiger partial charge in [-0.2, -0.15) is 0 Å². The first-order valence-corrected chi connectivity index (χ1v) is 6.08. The van der Waals surface area contributed by atoms with Gasteiger partial charge in [0.15, 0.2) is 5.17 Å². The van der Waals surface area contributed by atoms with Crippen molar-refractivity contribution in [1.29, 1.82) is 0 Å². The molecule has 84 valence electrons. The molecule has 0 aromatic rings. The van der Waals surface area contributed by atoms with E-state index in [1.807, 2.05) is 6.26 Å². The molecule has 0 heterocycles. The molecule has 1 aliphatic carbocycles. The molecule has 15 heavy (non-hydrogen) atoms. The summed E-state index contributed by atoms with van der Waals surface area (Å²) in [7, 11) is 1.72. The van der Waals surface area contributed by atoms with Crippen LogP contribution >= 0.6 is 11.8 Å². The second-order valence-corrected chi connectivity index (χ2v) is 4.12. The molecule has 0 unspecified atom stereocenters. The van der Waals surface area contributed by atoms with Crippen LogP contribution in [0.5, 0.6) is 0 Å². The van der Waals surface area contributed by atoms with Gasteiger partial charge in [0, 0.05) is 12.6 Å². The van der Waals surface area contributed by atoms with Crippen LogP contribution in [0.25, 0.3) is 0 Å². The molecule has 4 nitrogen and oxygen atoms in total. The molecule has 1 aliphatic rings. The lowest BCUT2D eigenvalue weighted by Gasteiger charge is -2.11. The number of nitrogens with zero attached hydrogens (tertiary/aromatic N) is 2. The number of aliphatic imine (C=N–C) groups is 2. The van der Waals surface area contributed by atoms with Crippen LogP contribution in [0.15, 0.2) is 22.1 Å². The summed E-state index contributed by atoms with van der Waals surface area (Å²) in [4.78, 5) is 8.50. The molecule has 2 N–H and O–H groups in total. The van der Waals surface area contributed by atoms with E-state index in [1.54, 1.807) is 7.05 Å². The van der Waals surface area contributed by atoms with Crippen LogP contribution in [0.3, 0.4) is 0 Å². The molecule has 1 fully saturated rings. The molecule has 1 rings (SSSR count). The number of nitrogens with one attached hydrogen (secondary N) is 1. The third kappa shape index (κ3) is 4.05. The summed E-state index contributed by atoms with van der Waals surface area (Å²) in [6.45, 7) is 3.69. The maximum Gasteiger partial charge on any atom is 0.161 e. The summed E-state index contributed by atoms with van der Waals surface area (Å²) in [5, 5.41) is 12.9. The van der Waals surface area contributed by atoms with Crippen molar-refractivity contribution in [2.45, 2.75) is 18.9 Å². The van der Waals surface area contributed by atoms with Crippen molar-refractivity contribution in [2.24, 2.45) is 9.98 Å². The fourth-order valence-corrected chi connectivity index (χ4v) is 1.35. The smallest absolute Gasteiger partial charge is 0.161 e. The van der Waals surface area contributed by atoms with Crippen molar-refractivity contribution < 1.29 is 5.11 Å². The van der Waals surface area contributed by atoms with Crippen molar-refractivity contribution in [2.75, 3.05) is 19.9 Å². The van der Waals surface area contributed by atoms with E-state index in [0.717, 1.165) is 18.0 Å². The van der Waals surface area contributed by atoms with Gasteiger partial charge < -0.3 is 10.4 Å². The van der Waals surface area contributed by atoms with E-state index in [2.05, 4.69) is 21.9 Å². The van der Waals surface area contributed by atoms with Gasteiger partial charge in [-0.25, -0.2) is 0 Å². The van der Waals surface area contributed by atoms with Crippen LogP contribution < -0.4 is 5.32 Å². The fourth-order valence-electron chi connectivity index (χ4n) is 0.973. The zero-order chi connectivity index (χ0) is 11.3. The van der Waals surface area contributed by atoms with E-state index < -0.39 is 0 Å². The van der Waals surface area contributed by atoms with Crippen LogP contribution in [0, 0.1) is 0 Å². The number of hydrogen-bond acceptors (Lipinski definition) is 4. The van der Waals surface area contributed by atoms with Crippen LogP contribution in [0.2, 0.25) is 0 Å². The minimum Gasteiger partial charge on any atom is -0.392 e. The van der Waals surface area contributed by atoms with Gasteiger partial charge in [0.25, 0.3) is 0 Å². The van der Waals surface area contributed by atoms with Gasteiger partial charge in [0.1, 0.15) is 5.84 Å². The quantitative estimate of drug-likeness (QED) is 0.559. The van der Waals surface area contributed by atoms with Crippen molar-refractivity contribution in [1.82, 2.24) is 5.32 Å². The largest absolute Gasteiger partial charge is 0.392 e. The molecule has 0 radical (unpaired) electrons. The van der Waals surface area contributed by atoms with Crippen molar-refractivity contribution in [3.05, 3.63) is 12.2 Å².